The van der Waals surface area contributed by atoms with Crippen molar-refractivity contribution >= 4 is 17.4 Å². The van der Waals surface area contributed by atoms with Crippen molar-refractivity contribution in [2.24, 2.45) is 5.41 Å². The fraction of sp³-hybridized carbons (Fsp3) is 0.611. The summed E-state index contributed by atoms with van der Waals surface area (Å²) in [6, 6.07) is 8.18. The van der Waals surface area contributed by atoms with Crippen molar-refractivity contribution in [3.05, 3.63) is 34.9 Å². The molecule has 1 aromatic carbocycles. The van der Waals surface area contributed by atoms with Gasteiger partial charge in [-0.15, -0.1) is 0 Å². The number of benzene rings is 1. The van der Waals surface area contributed by atoms with E-state index in [0.29, 0.717) is 16.5 Å². The van der Waals surface area contributed by atoms with Gasteiger partial charge in [-0.05, 0) is 55.7 Å². The molecule has 0 aliphatic heterocycles. The Morgan fingerprint density at radius 2 is 1.86 bits per heavy atom. The molecule has 21 heavy (non-hydrogen) atoms. The molecule has 1 atom stereocenters. The Labute approximate surface area is 133 Å². The van der Waals surface area contributed by atoms with Crippen molar-refractivity contribution in [2.75, 3.05) is 6.54 Å². The van der Waals surface area contributed by atoms with E-state index in [4.69, 9.17) is 11.6 Å². The summed E-state index contributed by atoms with van der Waals surface area (Å²) in [6.45, 7) is 7.08. The standard InChI is InChI=1S/C18H26ClNO/c1-13(21)17(14-4-6-15(19)7-5-14)12-20-16-8-10-18(2,3)11-9-16/h4-7,16-17,20H,8-12H2,1-3H3. The Hall–Kier alpha value is -0.860. The molecule has 1 fully saturated rings. The van der Waals surface area contributed by atoms with Gasteiger partial charge in [0.05, 0.1) is 5.92 Å². The van der Waals surface area contributed by atoms with Crippen molar-refractivity contribution in [3.8, 4) is 0 Å². The van der Waals surface area contributed by atoms with Gasteiger partial charge < -0.3 is 5.32 Å². The average Bonchev–Trinajstić information content (AvgIpc) is 2.42. The zero-order valence-electron chi connectivity index (χ0n) is 13.3. The van der Waals surface area contributed by atoms with Gasteiger partial charge in [0.25, 0.3) is 0 Å². The summed E-state index contributed by atoms with van der Waals surface area (Å²) in [5, 5.41) is 4.31. The van der Waals surface area contributed by atoms with E-state index in [2.05, 4.69) is 19.2 Å². The van der Waals surface area contributed by atoms with E-state index in [0.717, 1.165) is 12.1 Å². The minimum Gasteiger partial charge on any atom is -0.313 e. The Balaban J connectivity index is 1.92. The summed E-state index contributed by atoms with van der Waals surface area (Å²) >= 11 is 5.92. The third-order valence-electron chi connectivity index (χ3n) is 4.71. The molecular formula is C18H26ClNO. The number of hydrogen-bond acceptors (Lipinski definition) is 2. The molecule has 0 saturated heterocycles. The van der Waals surface area contributed by atoms with Crippen molar-refractivity contribution in [1.82, 2.24) is 5.32 Å². The topological polar surface area (TPSA) is 29.1 Å². The highest BCUT2D eigenvalue weighted by molar-refractivity contribution is 6.30. The lowest BCUT2D eigenvalue weighted by atomic mass is 9.75. The molecule has 1 unspecified atom stereocenters. The van der Waals surface area contributed by atoms with Crippen LogP contribution in [-0.4, -0.2) is 18.4 Å². The molecule has 2 nitrogen and oxygen atoms in total. The van der Waals surface area contributed by atoms with Gasteiger partial charge in [-0.3, -0.25) is 4.79 Å². The van der Waals surface area contributed by atoms with Crippen LogP contribution in [-0.2, 0) is 4.79 Å². The Morgan fingerprint density at radius 1 is 1.29 bits per heavy atom. The maximum atomic E-state index is 11.9. The van der Waals surface area contributed by atoms with Crippen LogP contribution < -0.4 is 5.32 Å². The first-order chi connectivity index (χ1) is 9.87. The number of hydrogen-bond donors (Lipinski definition) is 1. The van der Waals surface area contributed by atoms with Crippen LogP contribution in [0.4, 0.5) is 0 Å². The molecule has 116 valence electrons. The van der Waals surface area contributed by atoms with Crippen molar-refractivity contribution in [2.45, 2.75) is 58.4 Å². The van der Waals surface area contributed by atoms with Gasteiger partial charge in [-0.1, -0.05) is 37.6 Å². The van der Waals surface area contributed by atoms with E-state index >= 15 is 0 Å². The smallest absolute Gasteiger partial charge is 0.138 e. The summed E-state index contributed by atoms with van der Waals surface area (Å²) in [5.41, 5.74) is 1.53. The number of rotatable bonds is 5. The SMILES string of the molecule is CC(=O)C(CNC1CCC(C)(C)CC1)c1ccc(Cl)cc1. The zero-order valence-corrected chi connectivity index (χ0v) is 14.0. The van der Waals surface area contributed by atoms with Crippen LogP contribution in [0.15, 0.2) is 24.3 Å². The number of nitrogens with one attached hydrogen (secondary N) is 1. The molecule has 1 aliphatic rings. The summed E-state index contributed by atoms with van der Waals surface area (Å²) in [4.78, 5) is 11.9. The first kappa shape index (κ1) is 16.5. The van der Waals surface area contributed by atoms with Crippen molar-refractivity contribution in [1.29, 1.82) is 0 Å². The molecule has 0 heterocycles. The van der Waals surface area contributed by atoms with Crippen LogP contribution in [0.25, 0.3) is 0 Å². The van der Waals surface area contributed by atoms with Gasteiger partial charge in [-0.2, -0.15) is 0 Å². The van der Waals surface area contributed by atoms with Crippen LogP contribution in [0, 0.1) is 5.41 Å². The molecule has 3 heteroatoms. The quantitative estimate of drug-likeness (QED) is 0.863. The Kier molecular flexibility index (Phi) is 5.45. The molecule has 0 spiro atoms. The van der Waals surface area contributed by atoms with Gasteiger partial charge in [-0.25, -0.2) is 0 Å². The van der Waals surface area contributed by atoms with Gasteiger partial charge in [0.15, 0.2) is 0 Å². The van der Waals surface area contributed by atoms with Crippen LogP contribution in [0.5, 0.6) is 0 Å². The third kappa shape index (κ3) is 4.82. The summed E-state index contributed by atoms with van der Waals surface area (Å²) in [7, 11) is 0. The van der Waals surface area contributed by atoms with Gasteiger partial charge in [0.2, 0.25) is 0 Å². The largest absolute Gasteiger partial charge is 0.313 e. The first-order valence-corrected chi connectivity index (χ1v) is 8.24. The average molecular weight is 308 g/mol. The van der Waals surface area contributed by atoms with E-state index < -0.39 is 0 Å². The minimum absolute atomic E-state index is 0.0720. The zero-order chi connectivity index (χ0) is 15.5. The maximum absolute atomic E-state index is 11.9. The van der Waals surface area contributed by atoms with Gasteiger partial charge in [0, 0.05) is 17.6 Å². The number of halogens is 1. The molecule has 1 N–H and O–H groups in total. The fourth-order valence-corrected chi connectivity index (χ4v) is 3.21. The Bertz CT molecular complexity index is 470. The lowest BCUT2D eigenvalue weighted by Crippen LogP contribution is -2.38. The van der Waals surface area contributed by atoms with Crippen molar-refractivity contribution in [3.63, 3.8) is 0 Å². The van der Waals surface area contributed by atoms with E-state index in [-0.39, 0.29) is 11.7 Å². The lowest BCUT2D eigenvalue weighted by molar-refractivity contribution is -0.118. The highest BCUT2D eigenvalue weighted by Gasteiger charge is 2.27. The molecular weight excluding hydrogens is 282 g/mol. The number of ketones is 1. The van der Waals surface area contributed by atoms with Crippen LogP contribution in [0.3, 0.4) is 0 Å². The number of Topliss-reactive ketones (excluding diaryl/α,β-unsaturated/α-hetero) is 1. The molecule has 1 saturated carbocycles. The summed E-state index contributed by atoms with van der Waals surface area (Å²) in [6.07, 6.45) is 4.93. The summed E-state index contributed by atoms with van der Waals surface area (Å²) < 4.78 is 0. The normalized spacial score (nSPS) is 20.2. The van der Waals surface area contributed by atoms with Crippen LogP contribution >= 0.6 is 11.6 Å². The summed E-state index contributed by atoms with van der Waals surface area (Å²) in [5.74, 6) is 0.137. The Morgan fingerprint density at radius 3 is 2.38 bits per heavy atom. The monoisotopic (exact) mass is 307 g/mol. The van der Waals surface area contributed by atoms with E-state index in [1.807, 2.05) is 24.3 Å². The molecule has 0 radical (unpaired) electrons. The molecule has 0 aromatic heterocycles. The number of carbonyl (C=O) groups excluding carboxylic acids is 1. The lowest BCUT2D eigenvalue weighted by Gasteiger charge is -2.35. The fourth-order valence-electron chi connectivity index (χ4n) is 3.08. The number of carbonyl (C=O) groups is 1. The highest BCUT2D eigenvalue weighted by Crippen LogP contribution is 2.35. The van der Waals surface area contributed by atoms with Gasteiger partial charge >= 0.3 is 0 Å². The van der Waals surface area contributed by atoms with Crippen molar-refractivity contribution < 1.29 is 4.79 Å². The highest BCUT2D eigenvalue weighted by atomic mass is 35.5. The molecule has 2 rings (SSSR count). The second-order valence-electron chi connectivity index (χ2n) is 7.06. The first-order valence-electron chi connectivity index (χ1n) is 7.87. The molecule has 1 aromatic rings. The maximum Gasteiger partial charge on any atom is 0.138 e. The van der Waals surface area contributed by atoms with E-state index in [1.54, 1.807) is 6.92 Å². The van der Waals surface area contributed by atoms with Crippen LogP contribution in [0.1, 0.15) is 57.9 Å². The second-order valence-corrected chi connectivity index (χ2v) is 7.50. The molecule has 0 amide bonds. The second kappa shape index (κ2) is 6.93. The molecule has 0 bridgehead atoms. The predicted octanol–water partition coefficient (Wildman–Crippen LogP) is 4.57. The van der Waals surface area contributed by atoms with Crippen LogP contribution in [0.2, 0.25) is 5.02 Å². The minimum atomic E-state index is -0.0720. The predicted molar refractivity (Wildman–Crippen MR) is 88.9 cm³/mol. The van der Waals surface area contributed by atoms with E-state index in [1.165, 1.54) is 25.7 Å². The molecule has 1 aliphatic carbocycles. The third-order valence-corrected chi connectivity index (χ3v) is 4.96. The van der Waals surface area contributed by atoms with Gasteiger partial charge in [0.1, 0.15) is 5.78 Å². The van der Waals surface area contributed by atoms with E-state index in [9.17, 15) is 4.79 Å².